The van der Waals surface area contributed by atoms with Gasteiger partial charge in [0.1, 0.15) is 0 Å². The van der Waals surface area contributed by atoms with Crippen molar-refractivity contribution in [2.24, 2.45) is 11.7 Å². The number of nitrogens with zero attached hydrogens (tertiary/aromatic N) is 2. The van der Waals surface area contributed by atoms with Gasteiger partial charge >= 0.3 is 0 Å². The highest BCUT2D eigenvalue weighted by atomic mass is 16.2. The van der Waals surface area contributed by atoms with Crippen molar-refractivity contribution in [3.8, 4) is 0 Å². The van der Waals surface area contributed by atoms with E-state index in [0.717, 1.165) is 12.8 Å². The molecule has 2 heterocycles. The number of aryl methyl sites for hydroxylation is 1. The van der Waals surface area contributed by atoms with Gasteiger partial charge in [-0.2, -0.15) is 0 Å². The Morgan fingerprint density at radius 2 is 1.96 bits per heavy atom. The van der Waals surface area contributed by atoms with Crippen molar-refractivity contribution in [1.82, 2.24) is 20.0 Å². The van der Waals surface area contributed by atoms with Crippen LogP contribution in [0.2, 0.25) is 0 Å². The van der Waals surface area contributed by atoms with Crippen LogP contribution in [0, 0.1) is 5.92 Å². The number of aromatic amines is 1. The van der Waals surface area contributed by atoms with Gasteiger partial charge in [-0.25, -0.2) is 4.68 Å². The third-order valence-corrected chi connectivity index (χ3v) is 5.02. The molecule has 0 radical (unpaired) electrons. The van der Waals surface area contributed by atoms with Crippen molar-refractivity contribution >= 4 is 22.6 Å². The number of carbonyl (C=O) groups is 2. The number of rotatable bonds is 6. The van der Waals surface area contributed by atoms with Crippen LogP contribution in [-0.2, 0) is 16.1 Å². The first-order chi connectivity index (χ1) is 13.5. The SMILES string of the molecule is NCCNC(=O)C1CCCN(C(=O)CCn2[nH]c(=O)c3ccccc3c2=O)C1. The number of hydrogen-bond acceptors (Lipinski definition) is 5. The summed E-state index contributed by atoms with van der Waals surface area (Å²) in [5.41, 5.74) is 4.71. The predicted molar refractivity (Wildman–Crippen MR) is 105 cm³/mol. The van der Waals surface area contributed by atoms with Crippen molar-refractivity contribution in [2.45, 2.75) is 25.8 Å². The van der Waals surface area contributed by atoms with Crippen LogP contribution in [0.5, 0.6) is 0 Å². The van der Waals surface area contributed by atoms with Crippen LogP contribution in [-0.4, -0.2) is 52.7 Å². The second-order valence-corrected chi connectivity index (χ2v) is 6.95. The maximum atomic E-state index is 12.6. The molecule has 4 N–H and O–H groups in total. The smallest absolute Gasteiger partial charge is 0.273 e. The summed E-state index contributed by atoms with van der Waals surface area (Å²) in [5, 5.41) is 5.95. The molecular formula is C19H25N5O4. The highest BCUT2D eigenvalue weighted by Gasteiger charge is 2.28. The van der Waals surface area contributed by atoms with E-state index in [9.17, 15) is 19.2 Å². The lowest BCUT2D eigenvalue weighted by molar-refractivity contribution is -0.135. The van der Waals surface area contributed by atoms with E-state index in [-0.39, 0.29) is 41.8 Å². The fraction of sp³-hybridized carbons (Fsp3) is 0.474. The normalized spacial score (nSPS) is 16.9. The van der Waals surface area contributed by atoms with Gasteiger partial charge in [0.05, 0.1) is 23.2 Å². The van der Waals surface area contributed by atoms with E-state index in [1.807, 2.05) is 0 Å². The fourth-order valence-corrected chi connectivity index (χ4v) is 3.53. The Morgan fingerprint density at radius 1 is 1.21 bits per heavy atom. The minimum atomic E-state index is -0.364. The van der Waals surface area contributed by atoms with Crippen LogP contribution in [0.4, 0.5) is 0 Å². The number of H-pyrrole nitrogens is 1. The lowest BCUT2D eigenvalue weighted by atomic mass is 9.97. The molecule has 0 saturated carbocycles. The Labute approximate surface area is 161 Å². The molecule has 0 spiro atoms. The van der Waals surface area contributed by atoms with Gasteiger partial charge in [0.15, 0.2) is 0 Å². The van der Waals surface area contributed by atoms with Crippen LogP contribution in [0.1, 0.15) is 19.3 Å². The number of nitrogens with two attached hydrogens (primary N) is 1. The highest BCUT2D eigenvalue weighted by molar-refractivity contribution is 5.82. The van der Waals surface area contributed by atoms with Crippen LogP contribution >= 0.6 is 0 Å². The van der Waals surface area contributed by atoms with E-state index in [0.29, 0.717) is 37.0 Å². The molecule has 150 valence electrons. The zero-order chi connectivity index (χ0) is 20.1. The summed E-state index contributed by atoms with van der Waals surface area (Å²) in [6.45, 7) is 1.82. The Morgan fingerprint density at radius 3 is 2.71 bits per heavy atom. The van der Waals surface area contributed by atoms with Crippen molar-refractivity contribution in [3.63, 3.8) is 0 Å². The molecule has 1 aromatic carbocycles. The average Bonchev–Trinajstić information content (AvgIpc) is 2.73. The third-order valence-electron chi connectivity index (χ3n) is 5.02. The number of nitrogens with one attached hydrogen (secondary N) is 2. The monoisotopic (exact) mass is 387 g/mol. The molecule has 1 aromatic heterocycles. The number of hydrogen-bond donors (Lipinski definition) is 3. The minimum Gasteiger partial charge on any atom is -0.355 e. The lowest BCUT2D eigenvalue weighted by Crippen LogP contribution is -2.46. The summed E-state index contributed by atoms with van der Waals surface area (Å²) < 4.78 is 1.18. The number of aromatic nitrogens is 2. The topological polar surface area (TPSA) is 130 Å². The molecule has 0 bridgehead atoms. The number of amides is 2. The molecule has 28 heavy (non-hydrogen) atoms. The number of benzene rings is 1. The standard InChI is InChI=1S/C19H25N5O4/c20-8-9-21-17(26)13-4-3-10-23(12-13)16(25)7-11-24-19(28)15-6-2-1-5-14(15)18(27)22-24/h1-2,5-6,13H,3-4,7-12,20H2,(H,21,26)(H,22,27). The van der Waals surface area contributed by atoms with Crippen LogP contribution < -0.4 is 22.2 Å². The summed E-state index contributed by atoms with van der Waals surface area (Å²) >= 11 is 0. The summed E-state index contributed by atoms with van der Waals surface area (Å²) in [4.78, 5) is 51.0. The van der Waals surface area contributed by atoms with Gasteiger partial charge in [0.2, 0.25) is 11.8 Å². The number of carbonyl (C=O) groups excluding carboxylic acids is 2. The van der Waals surface area contributed by atoms with E-state index in [1.54, 1.807) is 29.2 Å². The molecule has 9 heteroatoms. The Balaban J connectivity index is 1.65. The molecule has 1 aliphatic heterocycles. The van der Waals surface area contributed by atoms with E-state index in [4.69, 9.17) is 5.73 Å². The molecular weight excluding hydrogens is 362 g/mol. The second-order valence-electron chi connectivity index (χ2n) is 6.95. The van der Waals surface area contributed by atoms with E-state index >= 15 is 0 Å². The van der Waals surface area contributed by atoms with Gasteiger partial charge < -0.3 is 16.0 Å². The second kappa shape index (κ2) is 8.83. The molecule has 2 aromatic rings. The van der Waals surface area contributed by atoms with E-state index in [1.165, 1.54) is 4.68 Å². The lowest BCUT2D eigenvalue weighted by Gasteiger charge is -2.32. The molecule has 1 unspecified atom stereocenters. The van der Waals surface area contributed by atoms with Gasteiger partial charge in [-0.3, -0.25) is 24.3 Å². The van der Waals surface area contributed by atoms with Crippen molar-refractivity contribution in [1.29, 1.82) is 0 Å². The first-order valence-corrected chi connectivity index (χ1v) is 9.48. The molecule has 3 rings (SSSR count). The summed E-state index contributed by atoms with van der Waals surface area (Å²) in [6.07, 6.45) is 1.56. The molecule has 1 aliphatic rings. The van der Waals surface area contributed by atoms with Crippen molar-refractivity contribution in [3.05, 3.63) is 45.0 Å². The van der Waals surface area contributed by atoms with E-state index in [2.05, 4.69) is 10.4 Å². The Hall–Kier alpha value is -2.94. The Bertz CT molecular complexity index is 980. The van der Waals surface area contributed by atoms with Crippen molar-refractivity contribution in [2.75, 3.05) is 26.2 Å². The van der Waals surface area contributed by atoms with Gasteiger partial charge in [0, 0.05) is 32.6 Å². The average molecular weight is 387 g/mol. The largest absolute Gasteiger partial charge is 0.355 e. The minimum absolute atomic E-state index is 0.0747. The van der Waals surface area contributed by atoms with Gasteiger partial charge in [-0.1, -0.05) is 12.1 Å². The number of likely N-dealkylation sites (tertiary alicyclic amines) is 1. The molecule has 1 fully saturated rings. The number of piperidine rings is 1. The molecule has 9 nitrogen and oxygen atoms in total. The molecule has 0 aliphatic carbocycles. The zero-order valence-electron chi connectivity index (χ0n) is 15.6. The van der Waals surface area contributed by atoms with Crippen LogP contribution in [0.3, 0.4) is 0 Å². The van der Waals surface area contributed by atoms with Crippen LogP contribution in [0.15, 0.2) is 33.9 Å². The Kier molecular flexibility index (Phi) is 6.25. The molecule has 1 saturated heterocycles. The highest BCUT2D eigenvalue weighted by Crippen LogP contribution is 2.17. The first kappa shape index (κ1) is 19.8. The summed E-state index contributed by atoms with van der Waals surface area (Å²) in [5.74, 6) is -0.470. The quantitative estimate of drug-likeness (QED) is 0.609. The van der Waals surface area contributed by atoms with Gasteiger partial charge in [0.25, 0.3) is 11.1 Å². The maximum Gasteiger partial charge on any atom is 0.273 e. The third kappa shape index (κ3) is 4.30. The zero-order valence-corrected chi connectivity index (χ0v) is 15.6. The molecule has 1 atom stereocenters. The summed E-state index contributed by atoms with van der Waals surface area (Å²) in [6, 6.07) is 6.58. The van der Waals surface area contributed by atoms with E-state index < -0.39 is 0 Å². The fourth-order valence-electron chi connectivity index (χ4n) is 3.53. The first-order valence-electron chi connectivity index (χ1n) is 9.48. The molecule has 2 amide bonds. The summed E-state index contributed by atoms with van der Waals surface area (Å²) in [7, 11) is 0. The number of fused-ring (bicyclic) bond motifs is 1. The van der Waals surface area contributed by atoms with Crippen molar-refractivity contribution < 1.29 is 9.59 Å². The van der Waals surface area contributed by atoms with Crippen LogP contribution in [0.25, 0.3) is 10.8 Å². The predicted octanol–water partition coefficient (Wildman–Crippen LogP) is -0.607. The maximum absolute atomic E-state index is 12.6. The van der Waals surface area contributed by atoms with Gasteiger partial charge in [-0.05, 0) is 25.0 Å². The van der Waals surface area contributed by atoms with Gasteiger partial charge in [-0.15, -0.1) is 0 Å².